The molecule has 1 aromatic heterocycles. The van der Waals surface area contributed by atoms with E-state index in [0.29, 0.717) is 48.1 Å². The van der Waals surface area contributed by atoms with E-state index in [1.54, 1.807) is 7.11 Å². The maximum Gasteiger partial charge on any atom is 0.239 e. The minimum atomic E-state index is -0.791. The van der Waals surface area contributed by atoms with E-state index in [4.69, 9.17) is 26.1 Å². The van der Waals surface area contributed by atoms with Gasteiger partial charge in [0.2, 0.25) is 5.91 Å². The first kappa shape index (κ1) is 33.3. The standard InChI is InChI=1S/C36H46ClN5O5/c1-23(2)47-32-17-30-26(15-31(32)46-4)16-34(44)42(36(30)25-7-9-27(37)10-8-25)29-13-14-33(38-18-29)39(3)19-24-5-11-28(12-6-24)40-20-35(45)41(21-40)22-43/h7-10,13-15,17-18,23-24,28,34,36,43-44H,5-6,11-12,16,19-22H2,1-4H3/t24?,28?,34?,36-/m0/s1. The minimum Gasteiger partial charge on any atom is -0.493 e. The number of carbonyl (C=O) groups excluding carboxylic acids is 1. The highest BCUT2D eigenvalue weighted by atomic mass is 35.5. The number of amides is 1. The number of rotatable bonds is 10. The number of carbonyl (C=O) groups is 1. The van der Waals surface area contributed by atoms with E-state index in [0.717, 1.165) is 60.4 Å². The van der Waals surface area contributed by atoms with Crippen molar-refractivity contribution in [2.75, 3.05) is 50.4 Å². The van der Waals surface area contributed by atoms with Crippen molar-refractivity contribution in [1.29, 1.82) is 0 Å². The zero-order valence-corrected chi connectivity index (χ0v) is 28.4. The molecule has 1 saturated heterocycles. The van der Waals surface area contributed by atoms with Crippen molar-refractivity contribution in [3.8, 4) is 11.5 Å². The molecule has 11 heteroatoms. The average Bonchev–Trinajstić information content (AvgIpc) is 3.45. The molecule has 252 valence electrons. The second-order valence-corrected chi connectivity index (χ2v) is 13.7. The van der Waals surface area contributed by atoms with Gasteiger partial charge in [0.1, 0.15) is 18.8 Å². The van der Waals surface area contributed by atoms with Crippen LogP contribution in [0.3, 0.4) is 0 Å². The van der Waals surface area contributed by atoms with Gasteiger partial charge in [0.25, 0.3) is 0 Å². The molecule has 47 heavy (non-hydrogen) atoms. The molecule has 3 aromatic rings. The van der Waals surface area contributed by atoms with E-state index in [1.807, 2.05) is 73.5 Å². The van der Waals surface area contributed by atoms with Gasteiger partial charge < -0.3 is 34.4 Å². The molecule has 1 aliphatic carbocycles. The summed E-state index contributed by atoms with van der Waals surface area (Å²) in [6.45, 7) is 5.60. The third kappa shape index (κ3) is 7.16. The van der Waals surface area contributed by atoms with Crippen LogP contribution >= 0.6 is 11.6 Å². The Kier molecular flexibility index (Phi) is 10.1. The molecule has 3 heterocycles. The summed E-state index contributed by atoms with van der Waals surface area (Å²) in [6.07, 6.45) is 5.73. The Labute approximate surface area is 282 Å². The smallest absolute Gasteiger partial charge is 0.239 e. The van der Waals surface area contributed by atoms with E-state index in [-0.39, 0.29) is 24.8 Å². The van der Waals surface area contributed by atoms with Gasteiger partial charge in [-0.25, -0.2) is 4.98 Å². The van der Waals surface area contributed by atoms with Gasteiger partial charge in [-0.05, 0) is 98.5 Å². The number of pyridine rings is 1. The highest BCUT2D eigenvalue weighted by Crippen LogP contribution is 2.45. The Morgan fingerprint density at radius 1 is 1.06 bits per heavy atom. The van der Waals surface area contributed by atoms with Crippen molar-refractivity contribution in [2.24, 2.45) is 5.92 Å². The van der Waals surface area contributed by atoms with E-state index < -0.39 is 6.23 Å². The summed E-state index contributed by atoms with van der Waals surface area (Å²) in [5, 5.41) is 21.7. The molecular weight excluding hydrogens is 618 g/mol. The summed E-state index contributed by atoms with van der Waals surface area (Å²) in [5.41, 5.74) is 3.85. The van der Waals surface area contributed by atoms with Crippen molar-refractivity contribution in [3.63, 3.8) is 0 Å². The maximum absolute atomic E-state index is 12.1. The van der Waals surface area contributed by atoms with Crippen molar-refractivity contribution < 1.29 is 24.5 Å². The summed E-state index contributed by atoms with van der Waals surface area (Å²) >= 11 is 6.29. The Morgan fingerprint density at radius 2 is 1.81 bits per heavy atom. The number of hydrogen-bond donors (Lipinski definition) is 2. The summed E-state index contributed by atoms with van der Waals surface area (Å²) in [6, 6.07) is 15.9. The largest absolute Gasteiger partial charge is 0.493 e. The number of nitrogens with zero attached hydrogens (tertiary/aromatic N) is 5. The van der Waals surface area contributed by atoms with E-state index >= 15 is 0 Å². The SMILES string of the molecule is COc1cc2c(cc1OC(C)C)[C@H](c1ccc(Cl)cc1)N(c1ccc(N(C)CC3CCC(N4CC(=O)N(CO)C4)CC3)nc1)C(O)C2. The number of hydrogen-bond acceptors (Lipinski definition) is 9. The van der Waals surface area contributed by atoms with Crippen LogP contribution in [0.4, 0.5) is 11.5 Å². The fourth-order valence-corrected chi connectivity index (χ4v) is 7.52. The zero-order chi connectivity index (χ0) is 33.2. The van der Waals surface area contributed by atoms with E-state index in [2.05, 4.69) is 16.8 Å². The molecule has 6 rings (SSSR count). The lowest BCUT2D eigenvalue weighted by molar-refractivity contribution is -0.129. The predicted molar refractivity (Wildman–Crippen MR) is 183 cm³/mol. The second kappa shape index (κ2) is 14.3. The van der Waals surface area contributed by atoms with Gasteiger partial charge in [-0.3, -0.25) is 9.69 Å². The molecule has 0 bridgehead atoms. The second-order valence-electron chi connectivity index (χ2n) is 13.3. The molecule has 0 radical (unpaired) electrons. The van der Waals surface area contributed by atoms with Crippen LogP contribution in [0.25, 0.3) is 0 Å². The van der Waals surface area contributed by atoms with Gasteiger partial charge in [-0.2, -0.15) is 0 Å². The third-order valence-corrected chi connectivity index (χ3v) is 10.0. The Hall–Kier alpha value is -3.57. The molecule has 0 spiro atoms. The zero-order valence-electron chi connectivity index (χ0n) is 27.7. The van der Waals surface area contributed by atoms with Crippen LogP contribution in [0.5, 0.6) is 11.5 Å². The molecule has 2 aromatic carbocycles. The molecule has 10 nitrogen and oxygen atoms in total. The Morgan fingerprint density at radius 3 is 2.43 bits per heavy atom. The normalized spacial score (nSPS) is 23.3. The summed E-state index contributed by atoms with van der Waals surface area (Å²) in [5.74, 6) is 2.75. The summed E-state index contributed by atoms with van der Waals surface area (Å²) < 4.78 is 11.8. The maximum atomic E-state index is 12.1. The lowest BCUT2D eigenvalue weighted by Crippen LogP contribution is -2.44. The molecule has 3 aliphatic rings. The fraction of sp³-hybridized carbons (Fsp3) is 0.500. The number of methoxy groups -OCH3 is 1. The average molecular weight is 664 g/mol. The Balaban J connectivity index is 1.19. The van der Waals surface area contributed by atoms with Gasteiger partial charge in [0, 0.05) is 31.1 Å². The van der Waals surface area contributed by atoms with Crippen LogP contribution in [-0.2, 0) is 11.2 Å². The first-order chi connectivity index (χ1) is 22.6. The molecule has 1 saturated carbocycles. The van der Waals surface area contributed by atoms with Crippen molar-refractivity contribution >= 4 is 29.0 Å². The first-order valence-electron chi connectivity index (χ1n) is 16.5. The van der Waals surface area contributed by atoms with E-state index in [9.17, 15) is 15.0 Å². The number of aromatic nitrogens is 1. The molecular formula is C36H46ClN5O5. The van der Waals surface area contributed by atoms with Crippen molar-refractivity contribution in [2.45, 2.75) is 70.4 Å². The lowest BCUT2D eigenvalue weighted by atomic mass is 9.85. The van der Waals surface area contributed by atoms with E-state index in [1.165, 1.54) is 4.90 Å². The number of anilines is 2. The number of halogens is 1. The van der Waals surface area contributed by atoms with Crippen molar-refractivity contribution in [3.05, 3.63) is 76.4 Å². The summed E-state index contributed by atoms with van der Waals surface area (Å²) in [4.78, 5) is 24.9. The van der Waals surface area contributed by atoms with Crippen molar-refractivity contribution in [1.82, 2.24) is 14.8 Å². The Bertz CT molecular complexity index is 1530. The van der Waals surface area contributed by atoms with Gasteiger partial charge in [-0.1, -0.05) is 23.7 Å². The van der Waals surface area contributed by atoms with Crippen LogP contribution in [0, 0.1) is 5.92 Å². The molecule has 1 unspecified atom stereocenters. The minimum absolute atomic E-state index is 0.00905. The van der Waals surface area contributed by atoms with Gasteiger partial charge in [-0.15, -0.1) is 0 Å². The topological polar surface area (TPSA) is 102 Å². The molecule has 2 atom stereocenters. The van der Waals surface area contributed by atoms with Crippen LogP contribution in [0.1, 0.15) is 62.3 Å². The van der Waals surface area contributed by atoms with Crippen LogP contribution in [0.15, 0.2) is 54.7 Å². The van der Waals surface area contributed by atoms with Crippen LogP contribution in [-0.4, -0.2) is 89.9 Å². The molecule has 2 aliphatic heterocycles. The first-order valence-corrected chi connectivity index (χ1v) is 16.9. The highest BCUT2D eigenvalue weighted by Gasteiger charge is 2.37. The fourth-order valence-electron chi connectivity index (χ4n) is 7.40. The summed E-state index contributed by atoms with van der Waals surface area (Å²) in [7, 11) is 3.72. The number of ether oxygens (including phenoxy) is 2. The third-order valence-electron chi connectivity index (χ3n) is 9.77. The van der Waals surface area contributed by atoms with Crippen LogP contribution < -0.4 is 19.3 Å². The highest BCUT2D eigenvalue weighted by molar-refractivity contribution is 6.30. The van der Waals surface area contributed by atoms with Gasteiger partial charge in [0.05, 0.1) is 44.4 Å². The number of fused-ring (bicyclic) bond motifs is 1. The lowest BCUT2D eigenvalue weighted by Gasteiger charge is -2.43. The van der Waals surface area contributed by atoms with Crippen LogP contribution in [0.2, 0.25) is 5.02 Å². The van der Waals surface area contributed by atoms with Gasteiger partial charge in [0.15, 0.2) is 11.5 Å². The number of benzene rings is 2. The predicted octanol–water partition coefficient (Wildman–Crippen LogP) is 5.05. The quantitative estimate of drug-likeness (QED) is 0.309. The molecule has 1 amide bonds. The monoisotopic (exact) mass is 663 g/mol. The number of aliphatic hydroxyl groups excluding tert-OH is 2. The molecule has 2 N–H and O–H groups in total. The molecule has 2 fully saturated rings. The number of aliphatic hydroxyl groups is 2. The van der Waals surface area contributed by atoms with Gasteiger partial charge >= 0.3 is 0 Å².